The summed E-state index contributed by atoms with van der Waals surface area (Å²) in [7, 11) is 0. The molecule has 1 rings (SSSR count). The molecule has 100 valence electrons. The second kappa shape index (κ2) is 7.01. The monoisotopic (exact) mass is 249 g/mol. The third-order valence-electron chi connectivity index (χ3n) is 2.97. The Bertz CT molecular complexity index is 380. The van der Waals surface area contributed by atoms with Crippen molar-refractivity contribution >= 4 is 11.6 Å². The van der Waals surface area contributed by atoms with Crippen LogP contribution in [0.25, 0.3) is 0 Å². The molecule has 0 aliphatic rings. The van der Waals surface area contributed by atoms with Gasteiger partial charge < -0.3 is 16.0 Å². The number of nitrogens with two attached hydrogens (primary N) is 1. The Balaban J connectivity index is 2.50. The number of carbonyl (C=O) groups excluding carboxylic acids is 1. The molecule has 1 aromatic rings. The van der Waals surface area contributed by atoms with Crippen molar-refractivity contribution in [2.24, 2.45) is 0 Å². The van der Waals surface area contributed by atoms with Crippen molar-refractivity contribution in [1.29, 1.82) is 0 Å². The summed E-state index contributed by atoms with van der Waals surface area (Å²) in [6, 6.07) is 5.41. The molecule has 18 heavy (non-hydrogen) atoms. The molecule has 1 aromatic carbocycles. The van der Waals surface area contributed by atoms with Gasteiger partial charge in [0.15, 0.2) is 0 Å². The van der Waals surface area contributed by atoms with E-state index in [1.165, 1.54) is 0 Å². The van der Waals surface area contributed by atoms with E-state index in [0.29, 0.717) is 17.8 Å². The van der Waals surface area contributed by atoms with Crippen molar-refractivity contribution in [3.63, 3.8) is 0 Å². The van der Waals surface area contributed by atoms with E-state index in [4.69, 9.17) is 5.73 Å². The van der Waals surface area contributed by atoms with Gasteiger partial charge in [0.1, 0.15) is 0 Å². The molecule has 0 saturated carbocycles. The predicted octanol–water partition coefficient (Wildman–Crippen LogP) is 1.65. The average Bonchev–Trinajstić information content (AvgIpc) is 2.33. The first-order valence-electron chi connectivity index (χ1n) is 6.44. The highest BCUT2D eigenvalue weighted by molar-refractivity contribution is 5.95. The lowest BCUT2D eigenvalue weighted by Crippen LogP contribution is -2.34. The SMILES string of the molecule is CCN(CC)CCNC(=O)c1cc(C)cc(N)c1. The Morgan fingerprint density at radius 1 is 1.28 bits per heavy atom. The van der Waals surface area contributed by atoms with Crippen molar-refractivity contribution in [2.45, 2.75) is 20.8 Å². The van der Waals surface area contributed by atoms with E-state index in [-0.39, 0.29) is 5.91 Å². The fraction of sp³-hybridized carbons (Fsp3) is 0.500. The topological polar surface area (TPSA) is 58.4 Å². The van der Waals surface area contributed by atoms with Crippen LogP contribution in [0.15, 0.2) is 18.2 Å². The van der Waals surface area contributed by atoms with Gasteiger partial charge in [-0.05, 0) is 43.8 Å². The highest BCUT2D eigenvalue weighted by Crippen LogP contribution is 2.10. The third-order valence-corrected chi connectivity index (χ3v) is 2.97. The molecule has 0 saturated heterocycles. The van der Waals surface area contributed by atoms with Gasteiger partial charge in [0.2, 0.25) is 0 Å². The van der Waals surface area contributed by atoms with Crippen LogP contribution < -0.4 is 11.1 Å². The molecule has 0 heterocycles. The summed E-state index contributed by atoms with van der Waals surface area (Å²) in [6.07, 6.45) is 0. The van der Waals surface area contributed by atoms with Crippen molar-refractivity contribution in [2.75, 3.05) is 31.9 Å². The number of amides is 1. The van der Waals surface area contributed by atoms with Crippen molar-refractivity contribution in [3.05, 3.63) is 29.3 Å². The number of nitrogen functional groups attached to an aromatic ring is 1. The van der Waals surface area contributed by atoms with Crippen LogP contribution in [0.2, 0.25) is 0 Å². The highest BCUT2D eigenvalue weighted by atomic mass is 16.1. The minimum atomic E-state index is -0.0578. The largest absolute Gasteiger partial charge is 0.399 e. The number of anilines is 1. The normalized spacial score (nSPS) is 10.7. The number of nitrogens with zero attached hydrogens (tertiary/aromatic N) is 1. The van der Waals surface area contributed by atoms with Gasteiger partial charge >= 0.3 is 0 Å². The molecule has 0 bridgehead atoms. The summed E-state index contributed by atoms with van der Waals surface area (Å²) < 4.78 is 0. The minimum absolute atomic E-state index is 0.0578. The number of carbonyl (C=O) groups is 1. The van der Waals surface area contributed by atoms with E-state index in [2.05, 4.69) is 24.1 Å². The quantitative estimate of drug-likeness (QED) is 0.754. The molecule has 3 N–H and O–H groups in total. The molecule has 0 fully saturated rings. The first-order chi connectivity index (χ1) is 8.56. The standard InChI is InChI=1S/C14H23N3O/c1-4-17(5-2)7-6-16-14(18)12-8-11(3)9-13(15)10-12/h8-10H,4-7,15H2,1-3H3,(H,16,18). The molecular formula is C14H23N3O. The number of rotatable bonds is 6. The van der Waals surface area contributed by atoms with Gasteiger partial charge in [0, 0.05) is 24.3 Å². The summed E-state index contributed by atoms with van der Waals surface area (Å²) in [6.45, 7) is 9.71. The van der Waals surface area contributed by atoms with Crippen LogP contribution in [0, 0.1) is 6.92 Å². The summed E-state index contributed by atoms with van der Waals surface area (Å²) in [5.74, 6) is -0.0578. The van der Waals surface area contributed by atoms with Crippen molar-refractivity contribution < 1.29 is 4.79 Å². The zero-order chi connectivity index (χ0) is 13.5. The number of likely N-dealkylation sites (N-methyl/N-ethyl adjacent to an activating group) is 1. The Kier molecular flexibility index (Phi) is 5.65. The molecular weight excluding hydrogens is 226 g/mol. The van der Waals surface area contributed by atoms with Gasteiger partial charge in [-0.25, -0.2) is 0 Å². The van der Waals surface area contributed by atoms with Gasteiger partial charge in [0.25, 0.3) is 5.91 Å². The lowest BCUT2D eigenvalue weighted by molar-refractivity contribution is 0.0949. The molecule has 0 aromatic heterocycles. The van der Waals surface area contributed by atoms with E-state index in [1.54, 1.807) is 6.07 Å². The smallest absolute Gasteiger partial charge is 0.251 e. The summed E-state index contributed by atoms with van der Waals surface area (Å²) in [5, 5.41) is 2.92. The Morgan fingerprint density at radius 3 is 2.50 bits per heavy atom. The fourth-order valence-electron chi connectivity index (χ4n) is 1.91. The van der Waals surface area contributed by atoms with E-state index in [1.807, 2.05) is 19.1 Å². The number of aryl methyl sites for hydroxylation is 1. The Labute approximate surface area is 109 Å². The third kappa shape index (κ3) is 4.37. The van der Waals surface area contributed by atoms with E-state index >= 15 is 0 Å². The average molecular weight is 249 g/mol. The predicted molar refractivity (Wildman–Crippen MR) is 75.7 cm³/mol. The summed E-state index contributed by atoms with van der Waals surface area (Å²) >= 11 is 0. The van der Waals surface area contributed by atoms with Crippen molar-refractivity contribution in [3.8, 4) is 0 Å². The van der Waals surface area contributed by atoms with E-state index < -0.39 is 0 Å². The van der Waals surface area contributed by atoms with Crippen LogP contribution in [0.1, 0.15) is 29.8 Å². The molecule has 0 aliphatic heterocycles. The summed E-state index contributed by atoms with van der Waals surface area (Å²) in [4.78, 5) is 14.2. The first-order valence-corrected chi connectivity index (χ1v) is 6.44. The Hall–Kier alpha value is -1.55. The molecule has 0 spiro atoms. The van der Waals surface area contributed by atoms with Gasteiger partial charge in [-0.3, -0.25) is 4.79 Å². The maximum absolute atomic E-state index is 11.9. The zero-order valence-electron chi connectivity index (χ0n) is 11.5. The van der Waals surface area contributed by atoms with Crippen molar-refractivity contribution in [1.82, 2.24) is 10.2 Å². The molecule has 0 atom stereocenters. The van der Waals surface area contributed by atoms with Gasteiger partial charge in [-0.1, -0.05) is 13.8 Å². The van der Waals surface area contributed by atoms with E-state index in [9.17, 15) is 4.79 Å². The molecule has 1 amide bonds. The van der Waals surface area contributed by atoms with Crippen LogP contribution in [0.4, 0.5) is 5.69 Å². The zero-order valence-corrected chi connectivity index (χ0v) is 11.5. The summed E-state index contributed by atoms with van der Waals surface area (Å²) in [5.41, 5.74) is 7.99. The molecule has 4 heteroatoms. The van der Waals surface area contributed by atoms with Crippen LogP contribution in [-0.4, -0.2) is 37.0 Å². The van der Waals surface area contributed by atoms with E-state index in [0.717, 1.165) is 25.2 Å². The van der Waals surface area contributed by atoms with Crippen LogP contribution in [-0.2, 0) is 0 Å². The highest BCUT2D eigenvalue weighted by Gasteiger charge is 2.07. The molecule has 0 unspecified atom stereocenters. The minimum Gasteiger partial charge on any atom is -0.399 e. The van der Waals surface area contributed by atoms with Gasteiger partial charge in [-0.2, -0.15) is 0 Å². The fourth-order valence-corrected chi connectivity index (χ4v) is 1.91. The first kappa shape index (κ1) is 14.5. The van der Waals surface area contributed by atoms with Gasteiger partial charge in [-0.15, -0.1) is 0 Å². The lowest BCUT2D eigenvalue weighted by atomic mass is 10.1. The lowest BCUT2D eigenvalue weighted by Gasteiger charge is -2.18. The Morgan fingerprint density at radius 2 is 1.94 bits per heavy atom. The number of hydrogen-bond acceptors (Lipinski definition) is 3. The molecule has 0 aliphatic carbocycles. The van der Waals surface area contributed by atoms with Crippen LogP contribution in [0.5, 0.6) is 0 Å². The van der Waals surface area contributed by atoms with Crippen LogP contribution >= 0.6 is 0 Å². The number of hydrogen-bond donors (Lipinski definition) is 2. The second-order valence-corrected chi connectivity index (χ2v) is 4.42. The molecule has 0 radical (unpaired) electrons. The van der Waals surface area contributed by atoms with Gasteiger partial charge in [0.05, 0.1) is 0 Å². The molecule has 4 nitrogen and oxygen atoms in total. The second-order valence-electron chi connectivity index (χ2n) is 4.42. The number of benzene rings is 1. The maximum atomic E-state index is 11.9. The maximum Gasteiger partial charge on any atom is 0.251 e. The van der Waals surface area contributed by atoms with Crippen LogP contribution in [0.3, 0.4) is 0 Å². The number of nitrogens with one attached hydrogen (secondary N) is 1.